The van der Waals surface area contributed by atoms with Crippen molar-refractivity contribution in [2.75, 3.05) is 16.0 Å². The first-order valence-corrected chi connectivity index (χ1v) is 8.58. The molecular formula is C22H25N3. The summed E-state index contributed by atoms with van der Waals surface area (Å²) >= 11 is 0. The van der Waals surface area contributed by atoms with E-state index in [-0.39, 0.29) is 6.29 Å². The standard InChI is InChI=1S/C22H25N3/c1-16-4-10-19(11-5-16)23-22(24-20-12-6-17(2)7-13-20)25-21-14-8-18(3)9-15-21/h4-15,22-25H,1-3H3. The minimum Gasteiger partial charge on any atom is -0.348 e. The highest BCUT2D eigenvalue weighted by atomic mass is 15.3. The Labute approximate surface area is 150 Å². The van der Waals surface area contributed by atoms with Crippen LogP contribution in [-0.4, -0.2) is 6.29 Å². The first kappa shape index (κ1) is 16.9. The fourth-order valence-corrected chi connectivity index (χ4v) is 2.56. The van der Waals surface area contributed by atoms with E-state index in [9.17, 15) is 0 Å². The Morgan fingerprint density at radius 2 is 0.680 bits per heavy atom. The van der Waals surface area contributed by atoms with E-state index < -0.39 is 0 Å². The van der Waals surface area contributed by atoms with E-state index in [1.54, 1.807) is 0 Å². The summed E-state index contributed by atoms with van der Waals surface area (Å²) in [6.07, 6.45) is -0.131. The van der Waals surface area contributed by atoms with Crippen LogP contribution in [0.3, 0.4) is 0 Å². The zero-order chi connectivity index (χ0) is 17.6. The Hall–Kier alpha value is -2.94. The van der Waals surface area contributed by atoms with Crippen LogP contribution in [-0.2, 0) is 0 Å². The van der Waals surface area contributed by atoms with Crippen LogP contribution in [0.2, 0.25) is 0 Å². The molecule has 0 saturated carbocycles. The van der Waals surface area contributed by atoms with Crippen LogP contribution in [0.5, 0.6) is 0 Å². The fraction of sp³-hybridized carbons (Fsp3) is 0.182. The van der Waals surface area contributed by atoms with Crippen molar-refractivity contribution < 1.29 is 0 Å². The quantitative estimate of drug-likeness (QED) is 0.520. The Morgan fingerprint density at radius 1 is 0.440 bits per heavy atom. The van der Waals surface area contributed by atoms with Crippen molar-refractivity contribution in [3.63, 3.8) is 0 Å². The highest BCUT2D eigenvalue weighted by Crippen LogP contribution is 2.16. The van der Waals surface area contributed by atoms with Gasteiger partial charge in [0.25, 0.3) is 0 Å². The summed E-state index contributed by atoms with van der Waals surface area (Å²) in [7, 11) is 0. The summed E-state index contributed by atoms with van der Waals surface area (Å²) in [5.74, 6) is 0. The molecule has 0 spiro atoms. The lowest BCUT2D eigenvalue weighted by molar-refractivity contribution is 0.932. The molecule has 3 rings (SSSR count). The molecule has 128 valence electrons. The van der Waals surface area contributed by atoms with Gasteiger partial charge in [-0.2, -0.15) is 0 Å². The molecule has 3 aromatic rings. The first-order chi connectivity index (χ1) is 12.1. The van der Waals surface area contributed by atoms with Gasteiger partial charge in [0.2, 0.25) is 0 Å². The van der Waals surface area contributed by atoms with Crippen molar-refractivity contribution in [2.45, 2.75) is 27.1 Å². The maximum absolute atomic E-state index is 3.51. The summed E-state index contributed by atoms with van der Waals surface area (Å²) in [5.41, 5.74) is 6.94. The van der Waals surface area contributed by atoms with Crippen molar-refractivity contribution in [3.05, 3.63) is 89.5 Å². The molecule has 3 aromatic carbocycles. The topological polar surface area (TPSA) is 36.1 Å². The normalized spacial score (nSPS) is 10.6. The molecule has 0 bridgehead atoms. The van der Waals surface area contributed by atoms with Crippen molar-refractivity contribution in [3.8, 4) is 0 Å². The Bertz CT molecular complexity index is 677. The van der Waals surface area contributed by atoms with Gasteiger partial charge in [-0.25, -0.2) is 0 Å². The van der Waals surface area contributed by atoms with Gasteiger partial charge in [0.05, 0.1) is 0 Å². The lowest BCUT2D eigenvalue weighted by atomic mass is 10.2. The highest BCUT2D eigenvalue weighted by Gasteiger charge is 2.08. The third-order valence-electron chi connectivity index (χ3n) is 4.09. The zero-order valence-corrected chi connectivity index (χ0v) is 15.0. The summed E-state index contributed by atoms with van der Waals surface area (Å²) in [4.78, 5) is 0. The van der Waals surface area contributed by atoms with Gasteiger partial charge in [-0.3, -0.25) is 0 Å². The molecule has 3 heteroatoms. The average molecular weight is 331 g/mol. The van der Waals surface area contributed by atoms with E-state index in [1.165, 1.54) is 16.7 Å². The lowest BCUT2D eigenvalue weighted by Gasteiger charge is -2.25. The van der Waals surface area contributed by atoms with Gasteiger partial charge in [0.15, 0.2) is 6.29 Å². The van der Waals surface area contributed by atoms with E-state index >= 15 is 0 Å². The van der Waals surface area contributed by atoms with Crippen LogP contribution in [0, 0.1) is 20.8 Å². The summed E-state index contributed by atoms with van der Waals surface area (Å²) < 4.78 is 0. The molecule has 0 heterocycles. The molecule has 25 heavy (non-hydrogen) atoms. The van der Waals surface area contributed by atoms with E-state index in [0.29, 0.717) is 0 Å². The SMILES string of the molecule is Cc1ccc(NC(Nc2ccc(C)cc2)Nc2ccc(C)cc2)cc1. The predicted octanol–water partition coefficient (Wildman–Crippen LogP) is 5.53. The van der Waals surface area contributed by atoms with Crippen LogP contribution in [0.15, 0.2) is 72.8 Å². The number of hydrogen-bond acceptors (Lipinski definition) is 3. The van der Waals surface area contributed by atoms with E-state index in [0.717, 1.165) is 17.1 Å². The molecule has 0 aliphatic carbocycles. The van der Waals surface area contributed by atoms with Gasteiger partial charge in [-0.05, 0) is 57.2 Å². The smallest absolute Gasteiger partial charge is 0.173 e. The lowest BCUT2D eigenvalue weighted by Crippen LogP contribution is -2.36. The second-order valence-electron chi connectivity index (χ2n) is 6.46. The summed E-state index contributed by atoms with van der Waals surface area (Å²) in [6, 6.07) is 25.2. The summed E-state index contributed by atoms with van der Waals surface area (Å²) in [5, 5.41) is 10.5. The van der Waals surface area contributed by atoms with Crippen LogP contribution < -0.4 is 16.0 Å². The molecule has 0 radical (unpaired) electrons. The van der Waals surface area contributed by atoms with Crippen molar-refractivity contribution in [1.29, 1.82) is 0 Å². The molecule has 0 amide bonds. The van der Waals surface area contributed by atoms with Crippen molar-refractivity contribution in [1.82, 2.24) is 0 Å². The molecule has 3 nitrogen and oxygen atoms in total. The van der Waals surface area contributed by atoms with Crippen molar-refractivity contribution >= 4 is 17.1 Å². The maximum Gasteiger partial charge on any atom is 0.173 e. The van der Waals surface area contributed by atoms with Crippen molar-refractivity contribution in [2.24, 2.45) is 0 Å². The number of aryl methyl sites for hydroxylation is 3. The Morgan fingerprint density at radius 3 is 0.920 bits per heavy atom. The number of benzene rings is 3. The summed E-state index contributed by atoms with van der Waals surface area (Å²) in [6.45, 7) is 6.28. The number of anilines is 3. The molecule has 0 saturated heterocycles. The van der Waals surface area contributed by atoms with Crippen LogP contribution in [0.25, 0.3) is 0 Å². The number of nitrogens with one attached hydrogen (secondary N) is 3. The molecule has 0 atom stereocenters. The first-order valence-electron chi connectivity index (χ1n) is 8.58. The second kappa shape index (κ2) is 7.75. The van der Waals surface area contributed by atoms with Gasteiger partial charge in [-0.1, -0.05) is 53.1 Å². The van der Waals surface area contributed by atoms with E-state index in [2.05, 4.69) is 110 Å². The van der Waals surface area contributed by atoms with Crippen LogP contribution in [0.4, 0.5) is 17.1 Å². The maximum atomic E-state index is 3.51. The molecule has 0 aromatic heterocycles. The largest absolute Gasteiger partial charge is 0.348 e. The molecule has 0 fully saturated rings. The van der Waals surface area contributed by atoms with E-state index in [4.69, 9.17) is 0 Å². The van der Waals surface area contributed by atoms with Gasteiger partial charge < -0.3 is 16.0 Å². The third kappa shape index (κ3) is 5.01. The Balaban J connectivity index is 1.77. The van der Waals surface area contributed by atoms with Gasteiger partial charge in [0, 0.05) is 17.1 Å². The van der Waals surface area contributed by atoms with Gasteiger partial charge in [0.1, 0.15) is 0 Å². The third-order valence-corrected chi connectivity index (χ3v) is 4.09. The highest BCUT2D eigenvalue weighted by molar-refractivity contribution is 5.55. The predicted molar refractivity (Wildman–Crippen MR) is 108 cm³/mol. The molecule has 3 N–H and O–H groups in total. The van der Waals surface area contributed by atoms with Crippen LogP contribution in [0.1, 0.15) is 16.7 Å². The monoisotopic (exact) mass is 331 g/mol. The number of hydrogen-bond donors (Lipinski definition) is 3. The zero-order valence-electron chi connectivity index (χ0n) is 15.0. The van der Waals surface area contributed by atoms with E-state index in [1.807, 2.05) is 0 Å². The molecule has 0 unspecified atom stereocenters. The fourth-order valence-electron chi connectivity index (χ4n) is 2.56. The average Bonchev–Trinajstić information content (AvgIpc) is 2.61. The van der Waals surface area contributed by atoms with Gasteiger partial charge in [-0.15, -0.1) is 0 Å². The second-order valence-corrected chi connectivity index (χ2v) is 6.46. The number of rotatable bonds is 6. The molecule has 0 aliphatic rings. The molecule has 0 aliphatic heterocycles. The minimum absolute atomic E-state index is 0.131. The minimum atomic E-state index is -0.131. The van der Waals surface area contributed by atoms with Crippen LogP contribution >= 0.6 is 0 Å². The molecular weight excluding hydrogens is 306 g/mol. The van der Waals surface area contributed by atoms with Gasteiger partial charge >= 0.3 is 0 Å². The Kier molecular flexibility index (Phi) is 5.24.